The Morgan fingerprint density at radius 1 is 1.03 bits per heavy atom. The molecule has 29 heavy (non-hydrogen) atoms. The minimum Gasteiger partial charge on any atom is -0.378 e. The van der Waals surface area contributed by atoms with Crippen LogP contribution in [0.25, 0.3) is 0 Å². The van der Waals surface area contributed by atoms with Gasteiger partial charge in [-0.05, 0) is 55.9 Å². The molecule has 0 saturated carbocycles. The molecule has 1 heterocycles. The molecule has 1 aliphatic rings. The summed E-state index contributed by atoms with van der Waals surface area (Å²) in [4.78, 5) is 19.1. The summed E-state index contributed by atoms with van der Waals surface area (Å²) < 4.78 is 5.40. The molecule has 0 radical (unpaired) electrons. The van der Waals surface area contributed by atoms with Crippen molar-refractivity contribution in [2.75, 3.05) is 62.6 Å². The van der Waals surface area contributed by atoms with Crippen molar-refractivity contribution in [3.05, 3.63) is 54.1 Å². The minimum absolute atomic E-state index is 0.00321. The highest BCUT2D eigenvalue weighted by molar-refractivity contribution is 5.94. The molecule has 6 heteroatoms. The Balaban J connectivity index is 1.53. The molecule has 0 spiro atoms. The molecule has 1 atom stereocenters. The van der Waals surface area contributed by atoms with E-state index in [9.17, 15) is 4.79 Å². The van der Waals surface area contributed by atoms with E-state index in [4.69, 9.17) is 4.74 Å². The zero-order valence-corrected chi connectivity index (χ0v) is 17.9. The lowest BCUT2D eigenvalue weighted by atomic mass is 10.1. The van der Waals surface area contributed by atoms with Gasteiger partial charge in [0.05, 0.1) is 19.3 Å². The van der Waals surface area contributed by atoms with Crippen LogP contribution in [0.3, 0.4) is 0 Å². The maximum atomic E-state index is 12.7. The van der Waals surface area contributed by atoms with E-state index >= 15 is 0 Å². The number of benzene rings is 2. The molecular formula is C23H32N4O2. The van der Waals surface area contributed by atoms with Gasteiger partial charge in [0.15, 0.2) is 0 Å². The SMILES string of the molecule is C[C@@H](C(=O)Nc1ccc(N2CCOCC2)cc1)N(C)Cc1ccc(N(C)C)cc1. The fourth-order valence-electron chi connectivity index (χ4n) is 3.35. The van der Waals surface area contributed by atoms with Crippen molar-refractivity contribution < 1.29 is 9.53 Å². The average Bonchev–Trinajstić information content (AvgIpc) is 2.74. The van der Waals surface area contributed by atoms with Gasteiger partial charge in [-0.25, -0.2) is 0 Å². The molecule has 0 aliphatic carbocycles. The molecule has 2 aromatic rings. The molecular weight excluding hydrogens is 364 g/mol. The Morgan fingerprint density at radius 2 is 1.66 bits per heavy atom. The number of anilines is 3. The van der Waals surface area contributed by atoms with Gasteiger partial charge in [0.1, 0.15) is 0 Å². The summed E-state index contributed by atoms with van der Waals surface area (Å²) in [6.07, 6.45) is 0. The maximum Gasteiger partial charge on any atom is 0.241 e. The zero-order valence-electron chi connectivity index (χ0n) is 17.9. The van der Waals surface area contributed by atoms with Crippen molar-refractivity contribution in [2.24, 2.45) is 0 Å². The van der Waals surface area contributed by atoms with Crippen LogP contribution in [-0.2, 0) is 16.1 Å². The second kappa shape index (κ2) is 9.76. The summed E-state index contributed by atoms with van der Waals surface area (Å²) in [7, 11) is 6.04. The van der Waals surface area contributed by atoms with Crippen LogP contribution >= 0.6 is 0 Å². The molecule has 1 aliphatic heterocycles. The average molecular weight is 397 g/mol. The van der Waals surface area contributed by atoms with Crippen LogP contribution in [0.1, 0.15) is 12.5 Å². The predicted molar refractivity (Wildman–Crippen MR) is 120 cm³/mol. The van der Waals surface area contributed by atoms with Gasteiger partial charge in [-0.1, -0.05) is 12.1 Å². The second-order valence-corrected chi connectivity index (χ2v) is 7.79. The third-order valence-electron chi connectivity index (χ3n) is 5.44. The lowest BCUT2D eigenvalue weighted by Crippen LogP contribution is -2.39. The maximum absolute atomic E-state index is 12.7. The highest BCUT2D eigenvalue weighted by atomic mass is 16.5. The first-order chi connectivity index (χ1) is 13.9. The van der Waals surface area contributed by atoms with Crippen LogP contribution in [0.15, 0.2) is 48.5 Å². The van der Waals surface area contributed by atoms with Crippen LogP contribution in [0.4, 0.5) is 17.1 Å². The Hall–Kier alpha value is -2.57. The first-order valence-electron chi connectivity index (χ1n) is 10.1. The number of amides is 1. The van der Waals surface area contributed by atoms with Gasteiger partial charge in [-0.2, -0.15) is 0 Å². The van der Waals surface area contributed by atoms with E-state index in [1.807, 2.05) is 40.2 Å². The highest BCUT2D eigenvalue weighted by Gasteiger charge is 2.19. The minimum atomic E-state index is -0.234. The van der Waals surface area contributed by atoms with Crippen molar-refractivity contribution >= 4 is 23.0 Å². The van der Waals surface area contributed by atoms with E-state index in [1.165, 1.54) is 11.3 Å². The number of carbonyl (C=O) groups excluding carboxylic acids is 1. The van der Waals surface area contributed by atoms with E-state index in [-0.39, 0.29) is 11.9 Å². The normalized spacial score (nSPS) is 15.3. The molecule has 0 unspecified atom stereocenters. The summed E-state index contributed by atoms with van der Waals surface area (Å²) in [5.74, 6) is -0.00321. The van der Waals surface area contributed by atoms with E-state index < -0.39 is 0 Å². The first kappa shape index (κ1) is 21.1. The number of morpholine rings is 1. The third kappa shape index (κ3) is 5.71. The fourth-order valence-corrected chi connectivity index (χ4v) is 3.35. The van der Waals surface area contributed by atoms with Gasteiger partial charge in [0, 0.05) is 50.8 Å². The summed E-state index contributed by atoms with van der Waals surface area (Å²) in [6.45, 7) is 6.00. The smallest absolute Gasteiger partial charge is 0.241 e. The summed E-state index contributed by atoms with van der Waals surface area (Å²) >= 11 is 0. The van der Waals surface area contributed by atoms with Crippen molar-refractivity contribution in [1.29, 1.82) is 0 Å². The lowest BCUT2D eigenvalue weighted by Gasteiger charge is -2.29. The predicted octanol–water partition coefficient (Wildman–Crippen LogP) is 3.05. The molecule has 1 N–H and O–H groups in total. The number of carbonyl (C=O) groups is 1. The highest BCUT2D eigenvalue weighted by Crippen LogP contribution is 2.20. The van der Waals surface area contributed by atoms with E-state index in [0.29, 0.717) is 0 Å². The summed E-state index contributed by atoms with van der Waals surface area (Å²) in [5.41, 5.74) is 4.34. The van der Waals surface area contributed by atoms with Crippen LogP contribution in [-0.4, -0.2) is 64.3 Å². The standard InChI is InChI=1S/C23H32N4O2/c1-18(26(4)17-19-5-9-21(10-6-19)25(2)3)23(28)24-20-7-11-22(12-8-20)27-13-15-29-16-14-27/h5-12,18H,13-17H2,1-4H3,(H,24,28)/t18-/m0/s1. The number of rotatable bonds is 7. The quantitative estimate of drug-likeness (QED) is 0.780. The second-order valence-electron chi connectivity index (χ2n) is 7.79. The van der Waals surface area contributed by atoms with Gasteiger partial charge < -0.3 is 19.9 Å². The number of hydrogen-bond acceptors (Lipinski definition) is 5. The Labute approximate surface area is 174 Å². The van der Waals surface area contributed by atoms with E-state index in [0.717, 1.165) is 44.2 Å². The summed E-state index contributed by atoms with van der Waals surface area (Å²) in [5, 5.41) is 3.03. The van der Waals surface area contributed by atoms with Gasteiger partial charge >= 0.3 is 0 Å². The Morgan fingerprint density at radius 3 is 2.24 bits per heavy atom. The molecule has 6 nitrogen and oxygen atoms in total. The lowest BCUT2D eigenvalue weighted by molar-refractivity contribution is -0.120. The topological polar surface area (TPSA) is 48.1 Å². The number of ether oxygens (including phenoxy) is 1. The largest absolute Gasteiger partial charge is 0.378 e. The summed E-state index contributed by atoms with van der Waals surface area (Å²) in [6, 6.07) is 16.2. The number of likely N-dealkylation sites (N-methyl/N-ethyl adjacent to an activating group) is 1. The fraction of sp³-hybridized carbons (Fsp3) is 0.435. The Bertz CT molecular complexity index is 784. The van der Waals surface area contributed by atoms with Crippen molar-refractivity contribution in [3.8, 4) is 0 Å². The first-order valence-corrected chi connectivity index (χ1v) is 10.1. The van der Waals surface area contributed by atoms with Crippen LogP contribution in [0, 0.1) is 0 Å². The molecule has 3 rings (SSSR count). The number of hydrogen-bond donors (Lipinski definition) is 1. The van der Waals surface area contributed by atoms with Gasteiger partial charge in [0.25, 0.3) is 0 Å². The van der Waals surface area contributed by atoms with Crippen LogP contribution in [0.5, 0.6) is 0 Å². The molecule has 1 amide bonds. The van der Waals surface area contributed by atoms with Crippen LogP contribution < -0.4 is 15.1 Å². The van der Waals surface area contributed by atoms with Crippen LogP contribution in [0.2, 0.25) is 0 Å². The molecule has 0 aromatic heterocycles. The van der Waals surface area contributed by atoms with Crippen molar-refractivity contribution in [3.63, 3.8) is 0 Å². The third-order valence-corrected chi connectivity index (χ3v) is 5.44. The molecule has 0 bridgehead atoms. The van der Waals surface area contributed by atoms with Crippen molar-refractivity contribution in [1.82, 2.24) is 4.90 Å². The van der Waals surface area contributed by atoms with E-state index in [2.05, 4.69) is 56.4 Å². The van der Waals surface area contributed by atoms with Crippen molar-refractivity contribution in [2.45, 2.75) is 19.5 Å². The number of nitrogens with zero attached hydrogens (tertiary/aromatic N) is 3. The molecule has 2 aromatic carbocycles. The van der Waals surface area contributed by atoms with Gasteiger partial charge in [0.2, 0.25) is 5.91 Å². The molecule has 1 saturated heterocycles. The van der Waals surface area contributed by atoms with Gasteiger partial charge in [-0.15, -0.1) is 0 Å². The molecule has 156 valence electrons. The Kier molecular flexibility index (Phi) is 7.12. The monoisotopic (exact) mass is 396 g/mol. The van der Waals surface area contributed by atoms with Gasteiger partial charge in [-0.3, -0.25) is 9.69 Å². The van der Waals surface area contributed by atoms with E-state index in [1.54, 1.807) is 0 Å². The zero-order chi connectivity index (χ0) is 20.8. The number of nitrogens with one attached hydrogen (secondary N) is 1. The molecule has 1 fully saturated rings.